The summed E-state index contributed by atoms with van der Waals surface area (Å²) in [5, 5.41) is 2.80. The van der Waals surface area contributed by atoms with Gasteiger partial charge >= 0.3 is 0 Å². The number of ether oxygens (including phenoxy) is 2. The molecule has 146 valence electrons. The molecule has 0 aromatic heterocycles. The number of carbonyl (C=O) groups is 1. The van der Waals surface area contributed by atoms with E-state index >= 15 is 0 Å². The topological polar surface area (TPSA) is 84.9 Å². The van der Waals surface area contributed by atoms with Crippen molar-refractivity contribution in [2.24, 2.45) is 0 Å². The van der Waals surface area contributed by atoms with Crippen molar-refractivity contribution in [2.75, 3.05) is 27.8 Å². The Bertz CT molecular complexity index is 884. The van der Waals surface area contributed by atoms with Crippen molar-refractivity contribution in [2.45, 2.75) is 17.9 Å². The Balaban J connectivity index is 2.14. The summed E-state index contributed by atoms with van der Waals surface area (Å²) < 4.78 is 37.0. The number of hydrogen-bond donors (Lipinski definition) is 1. The van der Waals surface area contributed by atoms with Gasteiger partial charge in [-0.15, -0.1) is 0 Å². The fourth-order valence-corrected chi connectivity index (χ4v) is 3.85. The van der Waals surface area contributed by atoms with Crippen LogP contribution in [0.3, 0.4) is 0 Å². The zero-order valence-electron chi connectivity index (χ0n) is 15.8. The lowest BCUT2D eigenvalue weighted by Gasteiger charge is -2.20. The van der Waals surface area contributed by atoms with Crippen LogP contribution in [0.1, 0.15) is 18.5 Å². The molecule has 0 aliphatic heterocycles. The Morgan fingerprint density at radius 3 is 2.37 bits per heavy atom. The number of sulfonamides is 1. The lowest BCUT2D eigenvalue weighted by atomic mass is 10.1. The molecule has 2 aromatic rings. The van der Waals surface area contributed by atoms with Crippen LogP contribution in [0.4, 0.5) is 0 Å². The van der Waals surface area contributed by atoms with Gasteiger partial charge in [-0.2, -0.15) is 4.31 Å². The molecule has 0 aliphatic carbocycles. The lowest BCUT2D eigenvalue weighted by Crippen LogP contribution is -2.39. The van der Waals surface area contributed by atoms with Gasteiger partial charge in [0.15, 0.2) is 0 Å². The summed E-state index contributed by atoms with van der Waals surface area (Å²) in [6.07, 6.45) is 0. The Hall–Kier alpha value is -2.58. The number of amides is 1. The van der Waals surface area contributed by atoms with E-state index in [0.29, 0.717) is 5.75 Å². The van der Waals surface area contributed by atoms with E-state index in [1.54, 1.807) is 6.07 Å². The standard InChI is InChI=1S/C19H24N2O5S/c1-14(15-8-6-5-7-9-15)20-19(22)13-21(2)27(23,24)18-12-16(25-3)10-11-17(18)26-4/h5-12,14H,13H2,1-4H3,(H,20,22)/t14-/m0/s1. The van der Waals surface area contributed by atoms with Crippen LogP contribution in [0.15, 0.2) is 53.4 Å². The third kappa shape index (κ3) is 4.99. The molecule has 27 heavy (non-hydrogen) atoms. The predicted octanol–water partition coefficient (Wildman–Crippen LogP) is 2.20. The molecule has 0 spiro atoms. The van der Waals surface area contributed by atoms with Crippen LogP contribution < -0.4 is 14.8 Å². The second-order valence-corrected chi connectivity index (χ2v) is 7.99. The van der Waals surface area contributed by atoms with Gasteiger partial charge in [0.25, 0.3) is 0 Å². The van der Waals surface area contributed by atoms with Gasteiger partial charge in [-0.05, 0) is 24.6 Å². The molecule has 8 heteroatoms. The van der Waals surface area contributed by atoms with Crippen molar-refractivity contribution < 1.29 is 22.7 Å². The van der Waals surface area contributed by atoms with Crippen molar-refractivity contribution in [1.29, 1.82) is 0 Å². The number of nitrogens with zero attached hydrogens (tertiary/aromatic N) is 1. The maximum Gasteiger partial charge on any atom is 0.247 e. The Kier molecular flexibility index (Phi) is 6.81. The van der Waals surface area contributed by atoms with Crippen LogP contribution in [0.25, 0.3) is 0 Å². The molecule has 1 amide bonds. The lowest BCUT2D eigenvalue weighted by molar-refractivity contribution is -0.121. The zero-order chi connectivity index (χ0) is 20.0. The minimum absolute atomic E-state index is 0.0595. The molecular weight excluding hydrogens is 368 g/mol. The summed E-state index contributed by atoms with van der Waals surface area (Å²) in [5.74, 6) is 0.157. The molecule has 0 unspecified atom stereocenters. The van der Waals surface area contributed by atoms with Gasteiger partial charge in [-0.25, -0.2) is 8.42 Å². The number of rotatable bonds is 8. The molecule has 0 fully saturated rings. The van der Waals surface area contributed by atoms with Crippen LogP contribution in [-0.4, -0.2) is 46.4 Å². The largest absolute Gasteiger partial charge is 0.497 e. The van der Waals surface area contributed by atoms with Crippen LogP contribution in [-0.2, 0) is 14.8 Å². The maximum atomic E-state index is 12.9. The van der Waals surface area contributed by atoms with Gasteiger partial charge in [-0.1, -0.05) is 30.3 Å². The first-order chi connectivity index (χ1) is 12.8. The third-order valence-corrected chi connectivity index (χ3v) is 5.93. The number of methoxy groups -OCH3 is 2. The molecule has 2 rings (SSSR count). The van der Waals surface area contributed by atoms with E-state index in [2.05, 4.69) is 5.32 Å². The highest BCUT2D eigenvalue weighted by molar-refractivity contribution is 7.89. The second kappa shape index (κ2) is 8.88. The summed E-state index contributed by atoms with van der Waals surface area (Å²) in [6.45, 7) is 1.52. The van der Waals surface area contributed by atoms with E-state index in [-0.39, 0.29) is 23.2 Å². The van der Waals surface area contributed by atoms with Crippen LogP contribution >= 0.6 is 0 Å². The fourth-order valence-electron chi connectivity index (χ4n) is 2.55. The quantitative estimate of drug-likeness (QED) is 0.744. The van der Waals surface area contributed by atoms with E-state index in [0.717, 1.165) is 9.87 Å². The predicted molar refractivity (Wildman–Crippen MR) is 102 cm³/mol. The third-order valence-electron chi connectivity index (χ3n) is 4.10. The normalized spacial score (nSPS) is 12.5. The molecule has 0 bridgehead atoms. The summed E-state index contributed by atoms with van der Waals surface area (Å²) >= 11 is 0. The molecule has 0 saturated carbocycles. The van der Waals surface area contributed by atoms with Gasteiger partial charge in [0.05, 0.1) is 26.8 Å². The van der Waals surface area contributed by atoms with Crippen molar-refractivity contribution in [1.82, 2.24) is 9.62 Å². The average Bonchev–Trinajstić information content (AvgIpc) is 2.67. The van der Waals surface area contributed by atoms with Crippen LogP contribution in [0.2, 0.25) is 0 Å². The Labute approximate surface area is 160 Å². The fraction of sp³-hybridized carbons (Fsp3) is 0.316. The number of benzene rings is 2. The number of carbonyl (C=O) groups excluding carboxylic acids is 1. The number of hydrogen-bond acceptors (Lipinski definition) is 5. The monoisotopic (exact) mass is 392 g/mol. The Morgan fingerprint density at radius 2 is 1.78 bits per heavy atom. The number of nitrogens with one attached hydrogen (secondary N) is 1. The van der Waals surface area contributed by atoms with Gasteiger partial charge in [0, 0.05) is 13.1 Å². The highest BCUT2D eigenvalue weighted by atomic mass is 32.2. The molecule has 0 aliphatic rings. The highest BCUT2D eigenvalue weighted by Gasteiger charge is 2.27. The zero-order valence-corrected chi connectivity index (χ0v) is 16.6. The van der Waals surface area contributed by atoms with E-state index in [9.17, 15) is 13.2 Å². The first-order valence-corrected chi connectivity index (χ1v) is 9.76. The van der Waals surface area contributed by atoms with Gasteiger partial charge in [-0.3, -0.25) is 4.79 Å². The molecular formula is C19H24N2O5S. The smallest absolute Gasteiger partial charge is 0.247 e. The van der Waals surface area contributed by atoms with E-state index in [4.69, 9.17) is 9.47 Å². The first-order valence-electron chi connectivity index (χ1n) is 8.32. The summed E-state index contributed by atoms with van der Waals surface area (Å²) in [6, 6.07) is 13.7. The number of likely N-dealkylation sites (N-methyl/N-ethyl adjacent to an activating group) is 1. The maximum absolute atomic E-state index is 12.9. The Morgan fingerprint density at radius 1 is 1.11 bits per heavy atom. The average molecular weight is 392 g/mol. The molecule has 2 aromatic carbocycles. The van der Waals surface area contributed by atoms with Gasteiger partial charge < -0.3 is 14.8 Å². The minimum atomic E-state index is -3.94. The van der Waals surface area contributed by atoms with Crippen molar-refractivity contribution in [3.8, 4) is 11.5 Å². The van der Waals surface area contributed by atoms with Crippen molar-refractivity contribution >= 4 is 15.9 Å². The molecule has 7 nitrogen and oxygen atoms in total. The molecule has 1 N–H and O–H groups in total. The van der Waals surface area contributed by atoms with Gasteiger partial charge in [0.2, 0.25) is 15.9 Å². The highest BCUT2D eigenvalue weighted by Crippen LogP contribution is 2.30. The summed E-state index contributed by atoms with van der Waals surface area (Å²) in [5.41, 5.74) is 0.936. The van der Waals surface area contributed by atoms with Gasteiger partial charge in [0.1, 0.15) is 16.4 Å². The molecule has 0 radical (unpaired) electrons. The first kappa shape index (κ1) is 20.7. The van der Waals surface area contributed by atoms with Crippen LogP contribution in [0, 0.1) is 0 Å². The SMILES string of the molecule is COc1ccc(OC)c(S(=O)(=O)N(C)CC(=O)N[C@@H](C)c2ccccc2)c1. The van der Waals surface area contributed by atoms with E-state index in [1.165, 1.54) is 33.4 Å². The van der Waals surface area contributed by atoms with Crippen LogP contribution in [0.5, 0.6) is 11.5 Å². The second-order valence-electron chi connectivity index (χ2n) is 5.98. The molecule has 0 saturated heterocycles. The van der Waals surface area contributed by atoms with E-state index < -0.39 is 15.9 Å². The summed E-state index contributed by atoms with van der Waals surface area (Å²) in [7, 11) is 0.235. The molecule has 0 heterocycles. The van der Waals surface area contributed by atoms with E-state index in [1.807, 2.05) is 37.3 Å². The molecule has 1 atom stereocenters. The van der Waals surface area contributed by atoms with Crippen molar-refractivity contribution in [3.63, 3.8) is 0 Å². The minimum Gasteiger partial charge on any atom is -0.497 e. The van der Waals surface area contributed by atoms with Crippen molar-refractivity contribution in [3.05, 3.63) is 54.1 Å². The summed E-state index contributed by atoms with van der Waals surface area (Å²) in [4.78, 5) is 12.3.